The van der Waals surface area contributed by atoms with Crippen LogP contribution in [0.15, 0.2) is 24.4 Å². The van der Waals surface area contributed by atoms with Crippen molar-refractivity contribution in [2.45, 2.75) is 51.4 Å². The molecule has 0 spiro atoms. The molecule has 0 aliphatic heterocycles. The number of carbonyl (C=O) groups is 1. The van der Waals surface area contributed by atoms with Crippen LogP contribution in [0.1, 0.15) is 78.6 Å². The molecule has 1 fully saturated rings. The molecule has 6 heteroatoms. The van der Waals surface area contributed by atoms with E-state index in [2.05, 4.69) is 30.3 Å². The van der Waals surface area contributed by atoms with Gasteiger partial charge in [0.1, 0.15) is 5.69 Å². The number of nitrogens with one attached hydrogen (secondary N) is 1. The van der Waals surface area contributed by atoms with Gasteiger partial charge in [-0.05, 0) is 53.7 Å². The first-order valence-electron chi connectivity index (χ1n) is 9.64. The number of carbonyl (C=O) groups excluding carboxylic acids is 1. The quantitative estimate of drug-likeness (QED) is 0.796. The number of aryl methyl sites for hydroxylation is 1. The van der Waals surface area contributed by atoms with Crippen LogP contribution in [0, 0.1) is 11.8 Å². The number of nitrogens with zero attached hydrogens (tertiary/aromatic N) is 2. The van der Waals surface area contributed by atoms with Gasteiger partial charge in [-0.2, -0.15) is 5.10 Å². The zero-order chi connectivity index (χ0) is 19.3. The number of alkyl halides is 2. The molecule has 2 aromatic rings. The molecule has 1 saturated carbocycles. The molecule has 144 valence electrons. The molecule has 1 N–H and O–H groups in total. The zero-order valence-corrected chi connectivity index (χ0v) is 15.9. The van der Waals surface area contributed by atoms with E-state index in [0.29, 0.717) is 23.7 Å². The molecule has 0 saturated heterocycles. The fraction of sp³-hybridized carbons (Fsp3) is 0.524. The summed E-state index contributed by atoms with van der Waals surface area (Å²) in [5.41, 5.74) is 2.73. The average molecular weight is 373 g/mol. The molecule has 1 heterocycles. The van der Waals surface area contributed by atoms with Gasteiger partial charge in [-0.25, -0.2) is 8.78 Å². The van der Waals surface area contributed by atoms with Gasteiger partial charge in [-0.3, -0.25) is 9.48 Å². The van der Waals surface area contributed by atoms with Crippen molar-refractivity contribution < 1.29 is 13.6 Å². The summed E-state index contributed by atoms with van der Waals surface area (Å²) in [5.74, 6) is 1.80. The van der Waals surface area contributed by atoms with Crippen molar-refractivity contribution in [1.82, 2.24) is 9.78 Å². The Morgan fingerprint density at radius 2 is 2.07 bits per heavy atom. The van der Waals surface area contributed by atoms with Gasteiger partial charge in [0.25, 0.3) is 12.3 Å². The molecule has 2 aliphatic carbocycles. The number of halogens is 2. The van der Waals surface area contributed by atoms with Gasteiger partial charge in [0.2, 0.25) is 0 Å². The fourth-order valence-electron chi connectivity index (χ4n) is 5.08. The van der Waals surface area contributed by atoms with E-state index < -0.39 is 18.0 Å². The number of rotatable bonds is 4. The number of fused-ring (bicyclic) bond motifs is 4. The number of benzene rings is 1. The van der Waals surface area contributed by atoms with Crippen LogP contribution in [-0.4, -0.2) is 15.7 Å². The topological polar surface area (TPSA) is 46.9 Å². The highest BCUT2D eigenvalue weighted by Crippen LogP contribution is 2.60. The van der Waals surface area contributed by atoms with E-state index >= 15 is 0 Å². The molecule has 3 atom stereocenters. The molecule has 4 nitrogen and oxygen atoms in total. The van der Waals surface area contributed by atoms with Crippen LogP contribution in [0.2, 0.25) is 0 Å². The van der Waals surface area contributed by atoms with Gasteiger partial charge in [0, 0.05) is 18.9 Å². The number of hydrogen-bond donors (Lipinski definition) is 1. The summed E-state index contributed by atoms with van der Waals surface area (Å²) in [6, 6.07) is 5.99. The van der Waals surface area contributed by atoms with Crippen molar-refractivity contribution in [1.29, 1.82) is 0 Å². The lowest BCUT2D eigenvalue weighted by atomic mass is 9.55. The minimum Gasteiger partial charge on any atom is -0.322 e. The van der Waals surface area contributed by atoms with Gasteiger partial charge in [0.05, 0.1) is 5.56 Å². The van der Waals surface area contributed by atoms with Crippen LogP contribution in [0.4, 0.5) is 14.5 Å². The number of amides is 1. The maximum absolute atomic E-state index is 13.2. The first-order chi connectivity index (χ1) is 12.9. The number of aromatic nitrogens is 2. The standard InChI is InChI=1S/C21H25F2N3O/c1-11(2)12-6-4-7-13-17(12)14-8-5-9-16(18(13)14)24-21(27)15-10-26(3)25-19(15)20(22)23/h5,8-13,17,20H,4,6-7H2,1-3H3,(H,24,27). The molecule has 3 unspecified atom stereocenters. The van der Waals surface area contributed by atoms with Crippen LogP contribution in [0.3, 0.4) is 0 Å². The number of anilines is 1. The predicted molar refractivity (Wildman–Crippen MR) is 100 cm³/mol. The van der Waals surface area contributed by atoms with E-state index in [1.54, 1.807) is 0 Å². The smallest absolute Gasteiger partial charge is 0.282 e. The molecule has 1 aromatic carbocycles. The van der Waals surface area contributed by atoms with Gasteiger partial charge in [-0.15, -0.1) is 0 Å². The molecular formula is C21H25F2N3O. The van der Waals surface area contributed by atoms with E-state index in [1.165, 1.54) is 41.9 Å². The second-order valence-electron chi connectivity index (χ2n) is 8.14. The normalized spacial score (nSPS) is 23.7. The van der Waals surface area contributed by atoms with E-state index in [9.17, 15) is 13.6 Å². The minimum absolute atomic E-state index is 0.0651. The first kappa shape index (κ1) is 18.1. The lowest BCUT2D eigenvalue weighted by molar-refractivity contribution is 0.101. The molecule has 27 heavy (non-hydrogen) atoms. The summed E-state index contributed by atoms with van der Waals surface area (Å²) in [6.45, 7) is 4.57. The third-order valence-electron chi connectivity index (χ3n) is 6.23. The van der Waals surface area contributed by atoms with Gasteiger partial charge < -0.3 is 5.32 Å². The van der Waals surface area contributed by atoms with Crippen LogP contribution >= 0.6 is 0 Å². The van der Waals surface area contributed by atoms with Crippen LogP contribution in [0.5, 0.6) is 0 Å². The summed E-state index contributed by atoms with van der Waals surface area (Å²) in [4.78, 5) is 12.7. The molecule has 1 amide bonds. The van der Waals surface area contributed by atoms with Gasteiger partial charge in [0.15, 0.2) is 0 Å². The van der Waals surface area contributed by atoms with E-state index in [-0.39, 0.29) is 5.56 Å². The van der Waals surface area contributed by atoms with Crippen LogP contribution < -0.4 is 5.32 Å². The summed E-state index contributed by atoms with van der Waals surface area (Å²) >= 11 is 0. The first-order valence-corrected chi connectivity index (χ1v) is 9.64. The highest BCUT2D eigenvalue weighted by atomic mass is 19.3. The van der Waals surface area contributed by atoms with Crippen molar-refractivity contribution in [3.63, 3.8) is 0 Å². The molecular weight excluding hydrogens is 348 g/mol. The lowest BCUT2D eigenvalue weighted by Gasteiger charge is -2.50. The lowest BCUT2D eigenvalue weighted by Crippen LogP contribution is -2.37. The van der Waals surface area contributed by atoms with Crippen molar-refractivity contribution in [2.24, 2.45) is 18.9 Å². The Kier molecular flexibility index (Phi) is 4.52. The third-order valence-corrected chi connectivity index (χ3v) is 6.23. The molecule has 4 rings (SSSR count). The maximum Gasteiger partial charge on any atom is 0.282 e. The van der Waals surface area contributed by atoms with Crippen molar-refractivity contribution in [3.8, 4) is 0 Å². The van der Waals surface area contributed by atoms with Crippen molar-refractivity contribution in [3.05, 3.63) is 46.8 Å². The Bertz CT molecular complexity index is 874. The second-order valence-corrected chi connectivity index (χ2v) is 8.14. The summed E-state index contributed by atoms with van der Waals surface area (Å²) < 4.78 is 27.6. The Morgan fingerprint density at radius 3 is 2.78 bits per heavy atom. The van der Waals surface area contributed by atoms with E-state index in [1.807, 2.05) is 12.1 Å². The van der Waals surface area contributed by atoms with Crippen molar-refractivity contribution >= 4 is 11.6 Å². The Balaban J connectivity index is 1.63. The maximum atomic E-state index is 13.2. The summed E-state index contributed by atoms with van der Waals surface area (Å²) in [6.07, 6.45) is 2.15. The fourth-order valence-corrected chi connectivity index (χ4v) is 5.08. The zero-order valence-electron chi connectivity index (χ0n) is 15.9. The van der Waals surface area contributed by atoms with Gasteiger partial charge >= 0.3 is 0 Å². The minimum atomic E-state index is -2.78. The third kappa shape index (κ3) is 2.95. The van der Waals surface area contributed by atoms with Gasteiger partial charge in [-0.1, -0.05) is 32.4 Å². The number of hydrogen-bond acceptors (Lipinski definition) is 2. The monoisotopic (exact) mass is 373 g/mol. The molecule has 1 aromatic heterocycles. The molecule has 2 aliphatic rings. The summed E-state index contributed by atoms with van der Waals surface area (Å²) in [5, 5.41) is 6.61. The Morgan fingerprint density at radius 1 is 1.30 bits per heavy atom. The largest absolute Gasteiger partial charge is 0.322 e. The highest BCUT2D eigenvalue weighted by Gasteiger charge is 2.46. The van der Waals surface area contributed by atoms with Crippen molar-refractivity contribution in [2.75, 3.05) is 5.32 Å². The predicted octanol–water partition coefficient (Wildman–Crippen LogP) is 5.25. The highest BCUT2D eigenvalue weighted by molar-refractivity contribution is 6.05. The SMILES string of the molecule is CC(C)C1CCCC2c3c(NC(=O)c4cn(C)nc4C(F)F)cccc3C21. The molecule has 0 radical (unpaired) electrons. The average Bonchev–Trinajstić information content (AvgIpc) is 3.01. The Labute approximate surface area is 158 Å². The summed E-state index contributed by atoms with van der Waals surface area (Å²) in [7, 11) is 1.54. The molecule has 0 bridgehead atoms. The Hall–Kier alpha value is -2.24. The van der Waals surface area contributed by atoms with Crippen LogP contribution in [-0.2, 0) is 7.05 Å². The van der Waals surface area contributed by atoms with Crippen LogP contribution in [0.25, 0.3) is 0 Å². The second kappa shape index (κ2) is 6.73. The van der Waals surface area contributed by atoms with E-state index in [0.717, 1.165) is 12.1 Å². The van der Waals surface area contributed by atoms with E-state index in [4.69, 9.17) is 0 Å².